The van der Waals surface area contributed by atoms with Crippen molar-refractivity contribution in [2.24, 2.45) is 5.73 Å². The summed E-state index contributed by atoms with van der Waals surface area (Å²) in [6.07, 6.45) is 0.642. The van der Waals surface area contributed by atoms with Crippen molar-refractivity contribution in [3.63, 3.8) is 0 Å². The van der Waals surface area contributed by atoms with Crippen molar-refractivity contribution >= 4 is 17.8 Å². The molecule has 0 bridgehead atoms. The molecule has 4 atom stereocenters. The molecule has 28 heavy (non-hydrogen) atoms. The van der Waals surface area contributed by atoms with Crippen molar-refractivity contribution in [1.82, 2.24) is 10.6 Å². The molecule has 1 aliphatic heterocycles. The minimum atomic E-state index is -1.37. The molecular weight excluding hydrogens is 362 g/mol. The van der Waals surface area contributed by atoms with Crippen LogP contribution in [0.15, 0.2) is 41.7 Å². The van der Waals surface area contributed by atoms with E-state index in [0.717, 1.165) is 5.56 Å². The van der Waals surface area contributed by atoms with Crippen molar-refractivity contribution < 1.29 is 24.2 Å². The first-order valence-corrected chi connectivity index (χ1v) is 9.25. The van der Waals surface area contributed by atoms with Crippen LogP contribution in [0, 0.1) is 0 Å². The lowest BCUT2D eigenvalue weighted by Gasteiger charge is -2.33. The third-order valence-corrected chi connectivity index (χ3v) is 4.93. The summed E-state index contributed by atoms with van der Waals surface area (Å²) in [5.41, 5.74) is 7.02. The summed E-state index contributed by atoms with van der Waals surface area (Å²) in [5, 5.41) is 14.9. The van der Waals surface area contributed by atoms with Gasteiger partial charge in [-0.1, -0.05) is 44.2 Å². The van der Waals surface area contributed by atoms with Crippen LogP contribution in [-0.4, -0.2) is 47.6 Å². The molecule has 2 amide bonds. The van der Waals surface area contributed by atoms with E-state index < -0.39 is 29.7 Å². The van der Waals surface area contributed by atoms with E-state index >= 15 is 0 Å². The minimum Gasteiger partial charge on any atom is -0.484 e. The van der Waals surface area contributed by atoms with E-state index in [4.69, 9.17) is 10.5 Å². The van der Waals surface area contributed by atoms with E-state index in [1.165, 1.54) is 6.92 Å². The van der Waals surface area contributed by atoms with Gasteiger partial charge in [0.05, 0.1) is 17.7 Å². The Labute approximate surface area is 164 Å². The van der Waals surface area contributed by atoms with Crippen molar-refractivity contribution in [2.45, 2.75) is 51.2 Å². The average Bonchev–Trinajstić information content (AvgIpc) is 2.66. The van der Waals surface area contributed by atoms with E-state index in [-0.39, 0.29) is 30.0 Å². The predicted molar refractivity (Wildman–Crippen MR) is 103 cm³/mol. The number of hydrogen-bond acceptors (Lipinski definition) is 5. The molecule has 2 unspecified atom stereocenters. The van der Waals surface area contributed by atoms with Crippen LogP contribution in [0.25, 0.3) is 0 Å². The minimum absolute atomic E-state index is 0.0101. The summed E-state index contributed by atoms with van der Waals surface area (Å²) in [7, 11) is 0. The molecule has 8 heteroatoms. The molecule has 1 aromatic carbocycles. The van der Waals surface area contributed by atoms with Gasteiger partial charge in [-0.2, -0.15) is 0 Å². The van der Waals surface area contributed by atoms with Gasteiger partial charge in [-0.25, -0.2) is 4.79 Å². The Bertz CT molecular complexity index is 762. The fourth-order valence-corrected chi connectivity index (χ4v) is 3.35. The summed E-state index contributed by atoms with van der Waals surface area (Å²) in [4.78, 5) is 35.9. The zero-order chi connectivity index (χ0) is 20.8. The second-order valence-corrected chi connectivity index (χ2v) is 6.88. The third-order valence-electron chi connectivity index (χ3n) is 4.93. The third kappa shape index (κ3) is 4.89. The first-order chi connectivity index (χ1) is 13.3. The number of carboxylic acids is 1. The molecular formula is C20H27N3O5. The molecule has 0 saturated carbocycles. The molecule has 0 saturated heterocycles. The molecule has 152 valence electrons. The smallest absolute Gasteiger partial charge is 0.371 e. The Morgan fingerprint density at radius 1 is 1.29 bits per heavy atom. The highest BCUT2D eigenvalue weighted by molar-refractivity contribution is 6.02. The zero-order valence-electron chi connectivity index (χ0n) is 16.3. The SMILES string of the molecule is CCC(NC(=O)C1=C(C(=O)O)OC[C@H](NC(C)=O)[C@H]1N)C(C)c1ccccc1. The summed E-state index contributed by atoms with van der Waals surface area (Å²) < 4.78 is 5.24. The van der Waals surface area contributed by atoms with Gasteiger partial charge in [0.15, 0.2) is 0 Å². The number of carbonyl (C=O) groups excluding carboxylic acids is 2. The Morgan fingerprint density at radius 3 is 2.46 bits per heavy atom. The van der Waals surface area contributed by atoms with Crippen LogP contribution >= 0.6 is 0 Å². The number of hydrogen-bond donors (Lipinski definition) is 4. The monoisotopic (exact) mass is 389 g/mol. The second kappa shape index (κ2) is 9.36. The van der Waals surface area contributed by atoms with Gasteiger partial charge in [-0.05, 0) is 12.0 Å². The van der Waals surface area contributed by atoms with Crippen LogP contribution in [0.2, 0.25) is 0 Å². The van der Waals surface area contributed by atoms with Gasteiger partial charge in [0.2, 0.25) is 11.7 Å². The molecule has 2 rings (SSSR count). The van der Waals surface area contributed by atoms with Crippen LogP contribution in [0.5, 0.6) is 0 Å². The Hall–Kier alpha value is -2.87. The lowest BCUT2D eigenvalue weighted by atomic mass is 9.90. The number of rotatable bonds is 7. The van der Waals surface area contributed by atoms with Crippen molar-refractivity contribution in [2.75, 3.05) is 6.61 Å². The van der Waals surface area contributed by atoms with Crippen molar-refractivity contribution in [1.29, 1.82) is 0 Å². The number of aliphatic carboxylic acids is 1. The van der Waals surface area contributed by atoms with Gasteiger partial charge in [0.25, 0.3) is 5.91 Å². The normalized spacial score (nSPS) is 21.3. The summed E-state index contributed by atoms with van der Waals surface area (Å²) in [6, 6.07) is 7.81. The maximum atomic E-state index is 13.0. The molecule has 0 aliphatic carbocycles. The summed E-state index contributed by atoms with van der Waals surface area (Å²) in [6.45, 7) is 5.14. The van der Waals surface area contributed by atoms with Crippen LogP contribution < -0.4 is 16.4 Å². The van der Waals surface area contributed by atoms with Gasteiger partial charge in [-0.15, -0.1) is 0 Å². The highest BCUT2D eigenvalue weighted by atomic mass is 16.5. The first kappa shape index (κ1) is 21.4. The molecule has 1 aromatic rings. The quantitative estimate of drug-likeness (QED) is 0.548. The van der Waals surface area contributed by atoms with Crippen molar-refractivity contribution in [3.8, 4) is 0 Å². The molecule has 0 aromatic heterocycles. The number of carbonyl (C=O) groups is 3. The van der Waals surface area contributed by atoms with Gasteiger partial charge < -0.3 is 26.2 Å². The molecule has 0 radical (unpaired) electrons. The van der Waals surface area contributed by atoms with E-state index in [1.54, 1.807) is 0 Å². The maximum Gasteiger partial charge on any atom is 0.371 e. The van der Waals surface area contributed by atoms with Crippen LogP contribution in [0.1, 0.15) is 38.7 Å². The molecule has 0 fully saturated rings. The summed E-state index contributed by atoms with van der Waals surface area (Å²) >= 11 is 0. The van der Waals surface area contributed by atoms with Gasteiger partial charge in [0.1, 0.15) is 6.61 Å². The average molecular weight is 389 g/mol. The summed E-state index contributed by atoms with van der Waals surface area (Å²) in [5.74, 6) is -2.78. The molecule has 8 nitrogen and oxygen atoms in total. The lowest BCUT2D eigenvalue weighted by Crippen LogP contribution is -2.56. The number of nitrogens with two attached hydrogens (primary N) is 1. The second-order valence-electron chi connectivity index (χ2n) is 6.88. The molecule has 5 N–H and O–H groups in total. The van der Waals surface area contributed by atoms with E-state index in [0.29, 0.717) is 6.42 Å². The fourth-order valence-electron chi connectivity index (χ4n) is 3.35. The van der Waals surface area contributed by atoms with E-state index in [2.05, 4.69) is 10.6 Å². The standard InChI is InChI=1S/C20H27N3O5/c1-4-14(11(2)13-8-6-5-7-9-13)23-19(25)16-17(21)15(22-12(3)24)10-28-18(16)20(26)27/h5-9,11,14-15,17H,4,10,21H2,1-3H3,(H,22,24)(H,23,25)(H,26,27)/t11?,14?,15-,17+/m0/s1. The Morgan fingerprint density at radius 2 is 1.93 bits per heavy atom. The molecule has 1 heterocycles. The van der Waals surface area contributed by atoms with Crippen molar-refractivity contribution in [3.05, 3.63) is 47.2 Å². The van der Waals surface area contributed by atoms with Crippen LogP contribution in [0.4, 0.5) is 0 Å². The van der Waals surface area contributed by atoms with Gasteiger partial charge in [0, 0.05) is 18.9 Å². The number of benzene rings is 1. The number of ether oxygens (including phenoxy) is 1. The highest BCUT2D eigenvalue weighted by Gasteiger charge is 2.38. The number of carboxylic acid groups (broad SMARTS) is 1. The number of amides is 2. The topological polar surface area (TPSA) is 131 Å². The lowest BCUT2D eigenvalue weighted by molar-refractivity contribution is -0.138. The fraction of sp³-hybridized carbons (Fsp3) is 0.450. The molecule has 1 aliphatic rings. The Kier molecular flexibility index (Phi) is 7.17. The van der Waals surface area contributed by atoms with E-state index in [9.17, 15) is 19.5 Å². The maximum absolute atomic E-state index is 13.0. The Balaban J connectivity index is 2.26. The highest BCUT2D eigenvalue weighted by Crippen LogP contribution is 2.24. The van der Waals surface area contributed by atoms with Crippen LogP contribution in [-0.2, 0) is 19.1 Å². The first-order valence-electron chi connectivity index (χ1n) is 9.25. The van der Waals surface area contributed by atoms with Crippen LogP contribution in [0.3, 0.4) is 0 Å². The van der Waals surface area contributed by atoms with Gasteiger partial charge >= 0.3 is 5.97 Å². The van der Waals surface area contributed by atoms with Gasteiger partial charge in [-0.3, -0.25) is 9.59 Å². The zero-order valence-corrected chi connectivity index (χ0v) is 16.3. The number of nitrogens with one attached hydrogen (secondary N) is 2. The largest absolute Gasteiger partial charge is 0.484 e. The molecule has 0 spiro atoms. The van der Waals surface area contributed by atoms with E-state index in [1.807, 2.05) is 44.2 Å². The predicted octanol–water partition coefficient (Wildman–Crippen LogP) is 0.886.